The first-order chi connectivity index (χ1) is 9.55. The Morgan fingerprint density at radius 3 is 1.80 bits per heavy atom. The molecule has 0 bridgehead atoms. The first kappa shape index (κ1) is 11.8. The molecular formula is C16H12O3Si. The molecule has 4 rings (SSSR count). The molecule has 0 amide bonds. The van der Waals surface area contributed by atoms with Gasteiger partial charge in [0.1, 0.15) is 0 Å². The maximum Gasteiger partial charge on any atom is 0.529 e. The second kappa shape index (κ2) is 3.77. The lowest BCUT2D eigenvalue weighted by Gasteiger charge is -2.16. The quantitative estimate of drug-likeness (QED) is 0.367. The van der Waals surface area contributed by atoms with Crippen LogP contribution >= 0.6 is 0 Å². The fourth-order valence-electron chi connectivity index (χ4n) is 3.03. The summed E-state index contributed by atoms with van der Waals surface area (Å²) in [6, 6.07) is 17.4. The Balaban J connectivity index is 2.32. The fourth-order valence-corrected chi connectivity index (χ4v) is 3.90. The van der Waals surface area contributed by atoms with E-state index < -0.39 is 8.80 Å². The average molecular weight is 280 g/mol. The zero-order valence-electron chi connectivity index (χ0n) is 10.5. The van der Waals surface area contributed by atoms with E-state index in [9.17, 15) is 14.4 Å². The van der Waals surface area contributed by atoms with Crippen LogP contribution in [0.4, 0.5) is 0 Å². The van der Waals surface area contributed by atoms with Crippen LogP contribution in [0.3, 0.4) is 0 Å². The second-order valence-electron chi connectivity index (χ2n) is 5.10. The Hall–Kier alpha value is -1.98. The van der Waals surface area contributed by atoms with Gasteiger partial charge in [-0.2, -0.15) is 0 Å². The van der Waals surface area contributed by atoms with Crippen LogP contribution < -0.4 is 5.19 Å². The molecular weight excluding hydrogens is 268 g/mol. The van der Waals surface area contributed by atoms with E-state index in [0.29, 0.717) is 5.39 Å². The van der Waals surface area contributed by atoms with Gasteiger partial charge < -0.3 is 14.4 Å². The van der Waals surface area contributed by atoms with Crippen LogP contribution in [0.15, 0.2) is 54.6 Å². The van der Waals surface area contributed by atoms with Crippen molar-refractivity contribution >= 4 is 46.3 Å². The Morgan fingerprint density at radius 2 is 1.15 bits per heavy atom. The third kappa shape index (κ3) is 1.50. The van der Waals surface area contributed by atoms with Gasteiger partial charge in [0.2, 0.25) is 0 Å². The molecule has 0 atom stereocenters. The van der Waals surface area contributed by atoms with E-state index in [0.717, 1.165) is 26.9 Å². The lowest BCUT2D eigenvalue weighted by molar-refractivity contribution is 0.250. The molecule has 0 spiro atoms. The van der Waals surface area contributed by atoms with Crippen molar-refractivity contribution in [2.75, 3.05) is 0 Å². The molecule has 20 heavy (non-hydrogen) atoms. The maximum atomic E-state index is 9.67. The Kier molecular flexibility index (Phi) is 2.23. The van der Waals surface area contributed by atoms with E-state index in [1.54, 1.807) is 6.07 Å². The van der Waals surface area contributed by atoms with Gasteiger partial charge in [-0.25, -0.2) is 0 Å². The summed E-state index contributed by atoms with van der Waals surface area (Å²) < 4.78 is 0. The predicted molar refractivity (Wildman–Crippen MR) is 82.2 cm³/mol. The molecule has 4 heteroatoms. The molecule has 0 saturated carbocycles. The highest BCUT2D eigenvalue weighted by Gasteiger charge is 2.32. The summed E-state index contributed by atoms with van der Waals surface area (Å²) in [4.78, 5) is 29.0. The summed E-state index contributed by atoms with van der Waals surface area (Å²) in [5.41, 5.74) is 0. The molecule has 0 heterocycles. The molecule has 0 fully saturated rings. The highest BCUT2D eigenvalue weighted by Crippen LogP contribution is 2.33. The Bertz CT molecular complexity index is 925. The van der Waals surface area contributed by atoms with Crippen molar-refractivity contribution in [2.45, 2.75) is 0 Å². The highest BCUT2D eigenvalue weighted by atomic mass is 28.4. The average Bonchev–Trinajstić information content (AvgIpc) is 2.43. The number of benzene rings is 4. The van der Waals surface area contributed by atoms with Crippen molar-refractivity contribution in [3.8, 4) is 0 Å². The summed E-state index contributed by atoms with van der Waals surface area (Å²) in [5, 5.41) is 6.29. The molecule has 4 aromatic carbocycles. The van der Waals surface area contributed by atoms with Crippen LogP contribution in [0.5, 0.6) is 0 Å². The number of hydrogen-bond acceptors (Lipinski definition) is 3. The number of rotatable bonds is 1. The molecule has 3 N–H and O–H groups in total. The molecule has 98 valence electrons. The van der Waals surface area contributed by atoms with Gasteiger partial charge in [-0.15, -0.1) is 0 Å². The van der Waals surface area contributed by atoms with Crippen molar-refractivity contribution in [3.05, 3.63) is 54.6 Å². The summed E-state index contributed by atoms with van der Waals surface area (Å²) in [6.07, 6.45) is 0. The standard InChI is InChI=1S/C16H12O3Si/c17-20(18,19)14-9-7-12-5-4-10-2-1-3-11-6-8-13(14)16(12)15(10)11/h1-9,17-19H. The van der Waals surface area contributed by atoms with Gasteiger partial charge in [-0.05, 0) is 32.3 Å². The second-order valence-corrected chi connectivity index (χ2v) is 6.91. The topological polar surface area (TPSA) is 60.7 Å². The Morgan fingerprint density at radius 1 is 0.600 bits per heavy atom. The zero-order chi connectivity index (χ0) is 13.9. The molecule has 0 unspecified atom stereocenters. The van der Waals surface area contributed by atoms with Gasteiger partial charge >= 0.3 is 8.80 Å². The third-order valence-electron chi connectivity index (χ3n) is 3.89. The van der Waals surface area contributed by atoms with E-state index in [2.05, 4.69) is 6.07 Å². The molecule has 0 aliphatic rings. The third-order valence-corrected chi connectivity index (χ3v) is 5.05. The molecule has 0 aromatic heterocycles. The Labute approximate surface area is 116 Å². The molecule has 0 saturated heterocycles. The molecule has 3 nitrogen and oxygen atoms in total. The maximum absolute atomic E-state index is 9.67. The highest BCUT2D eigenvalue weighted by molar-refractivity contribution is 6.74. The lowest BCUT2D eigenvalue weighted by atomic mass is 9.94. The smallest absolute Gasteiger partial charge is 0.386 e. The van der Waals surface area contributed by atoms with E-state index in [-0.39, 0.29) is 5.19 Å². The van der Waals surface area contributed by atoms with Crippen LogP contribution in [0.25, 0.3) is 32.3 Å². The van der Waals surface area contributed by atoms with Crippen LogP contribution in [-0.2, 0) is 0 Å². The minimum atomic E-state index is -4.33. The van der Waals surface area contributed by atoms with Gasteiger partial charge in [-0.1, -0.05) is 54.6 Å². The summed E-state index contributed by atoms with van der Waals surface area (Å²) in [7, 11) is -4.33. The van der Waals surface area contributed by atoms with Crippen LogP contribution in [0.2, 0.25) is 0 Å². The zero-order valence-corrected chi connectivity index (χ0v) is 11.5. The van der Waals surface area contributed by atoms with Gasteiger partial charge in [0.25, 0.3) is 0 Å². The van der Waals surface area contributed by atoms with Crippen molar-refractivity contribution in [3.63, 3.8) is 0 Å². The van der Waals surface area contributed by atoms with E-state index in [4.69, 9.17) is 0 Å². The summed E-state index contributed by atoms with van der Waals surface area (Å²) in [6.45, 7) is 0. The van der Waals surface area contributed by atoms with Crippen LogP contribution in [0.1, 0.15) is 0 Å². The molecule has 0 aliphatic carbocycles. The van der Waals surface area contributed by atoms with Gasteiger partial charge in [0, 0.05) is 5.19 Å². The SMILES string of the molecule is O[Si](O)(O)c1ccc2ccc3cccc4ccc1c2c34. The van der Waals surface area contributed by atoms with Crippen molar-refractivity contribution < 1.29 is 14.4 Å². The van der Waals surface area contributed by atoms with Crippen molar-refractivity contribution in [1.29, 1.82) is 0 Å². The van der Waals surface area contributed by atoms with Crippen molar-refractivity contribution in [2.24, 2.45) is 0 Å². The lowest BCUT2D eigenvalue weighted by Crippen LogP contribution is -2.49. The van der Waals surface area contributed by atoms with Crippen molar-refractivity contribution in [1.82, 2.24) is 0 Å². The predicted octanol–water partition coefficient (Wildman–Crippen LogP) is 1.71. The van der Waals surface area contributed by atoms with Gasteiger partial charge in [0.15, 0.2) is 0 Å². The largest absolute Gasteiger partial charge is 0.529 e. The van der Waals surface area contributed by atoms with Gasteiger partial charge in [-0.3, -0.25) is 0 Å². The fraction of sp³-hybridized carbons (Fsp3) is 0. The first-order valence-corrected chi connectivity index (χ1v) is 8.24. The number of hydrogen-bond donors (Lipinski definition) is 3. The van der Waals surface area contributed by atoms with Crippen LogP contribution in [-0.4, -0.2) is 23.2 Å². The normalized spacial score (nSPS) is 12.8. The summed E-state index contributed by atoms with van der Waals surface area (Å²) in [5.74, 6) is 0. The van der Waals surface area contributed by atoms with E-state index in [1.165, 1.54) is 0 Å². The van der Waals surface area contributed by atoms with Crippen LogP contribution in [0, 0.1) is 0 Å². The monoisotopic (exact) mass is 280 g/mol. The molecule has 4 aromatic rings. The van der Waals surface area contributed by atoms with E-state index in [1.807, 2.05) is 42.5 Å². The van der Waals surface area contributed by atoms with E-state index >= 15 is 0 Å². The first-order valence-electron chi connectivity index (χ1n) is 6.40. The minimum absolute atomic E-state index is 0.239. The summed E-state index contributed by atoms with van der Waals surface area (Å²) >= 11 is 0. The van der Waals surface area contributed by atoms with Gasteiger partial charge in [0.05, 0.1) is 0 Å². The minimum Gasteiger partial charge on any atom is -0.386 e. The molecule has 0 radical (unpaired) electrons. The molecule has 0 aliphatic heterocycles.